The van der Waals surface area contributed by atoms with Crippen molar-refractivity contribution in [2.45, 2.75) is 33.2 Å². The molecule has 1 fully saturated rings. The Bertz CT molecular complexity index is 156. The van der Waals surface area contributed by atoms with Crippen LogP contribution in [0.2, 0.25) is 0 Å². The Morgan fingerprint density at radius 1 is 1.55 bits per heavy atom. The lowest BCUT2D eigenvalue weighted by Gasteiger charge is -2.35. The van der Waals surface area contributed by atoms with Crippen molar-refractivity contribution in [2.75, 3.05) is 13.1 Å². The molecule has 2 heteroatoms. The van der Waals surface area contributed by atoms with E-state index in [0.717, 1.165) is 19.5 Å². The number of ketones is 1. The standard InChI is InChI=1S/C9H17NO/c1-4-10-6-5-9(11)7(2)8(10)3/h7-8H,4-6H2,1-3H3/t7-,8-/m1/s1. The summed E-state index contributed by atoms with van der Waals surface area (Å²) in [6, 6.07) is 0.446. The predicted octanol–water partition coefficient (Wildman–Crippen LogP) is 1.31. The SMILES string of the molecule is CCN1CCC(=O)[C@H](C)[C@H]1C. The normalized spacial score (nSPS) is 34.3. The summed E-state index contributed by atoms with van der Waals surface area (Å²) >= 11 is 0. The van der Waals surface area contributed by atoms with E-state index >= 15 is 0 Å². The Labute approximate surface area is 68.6 Å². The molecule has 2 nitrogen and oxygen atoms in total. The van der Waals surface area contributed by atoms with Crippen LogP contribution in [-0.2, 0) is 4.79 Å². The highest BCUT2D eigenvalue weighted by atomic mass is 16.1. The Hall–Kier alpha value is -0.370. The van der Waals surface area contributed by atoms with E-state index in [0.29, 0.717) is 11.8 Å². The number of nitrogens with zero attached hydrogens (tertiary/aromatic N) is 1. The van der Waals surface area contributed by atoms with Crippen LogP contribution in [0.1, 0.15) is 27.2 Å². The van der Waals surface area contributed by atoms with E-state index < -0.39 is 0 Å². The first-order chi connectivity index (χ1) is 5.16. The first-order valence-electron chi connectivity index (χ1n) is 4.43. The van der Waals surface area contributed by atoms with Crippen LogP contribution in [0.4, 0.5) is 0 Å². The van der Waals surface area contributed by atoms with Gasteiger partial charge in [0.15, 0.2) is 0 Å². The number of Topliss-reactive ketones (excluding diaryl/α,β-unsaturated/α-hetero) is 1. The van der Waals surface area contributed by atoms with Gasteiger partial charge in [-0.1, -0.05) is 13.8 Å². The zero-order valence-electron chi connectivity index (χ0n) is 7.63. The van der Waals surface area contributed by atoms with Gasteiger partial charge in [-0.15, -0.1) is 0 Å². The molecule has 0 amide bonds. The number of rotatable bonds is 1. The van der Waals surface area contributed by atoms with Crippen molar-refractivity contribution in [1.82, 2.24) is 4.90 Å². The Morgan fingerprint density at radius 3 is 2.73 bits per heavy atom. The summed E-state index contributed by atoms with van der Waals surface area (Å²) in [4.78, 5) is 13.6. The summed E-state index contributed by atoms with van der Waals surface area (Å²) in [6.07, 6.45) is 0.749. The number of hydrogen-bond acceptors (Lipinski definition) is 2. The van der Waals surface area contributed by atoms with Gasteiger partial charge in [0.1, 0.15) is 5.78 Å². The fourth-order valence-corrected chi connectivity index (χ4v) is 1.72. The van der Waals surface area contributed by atoms with E-state index in [-0.39, 0.29) is 5.92 Å². The van der Waals surface area contributed by atoms with Gasteiger partial charge in [-0.3, -0.25) is 9.69 Å². The van der Waals surface area contributed by atoms with Gasteiger partial charge in [0, 0.05) is 24.9 Å². The minimum Gasteiger partial charge on any atom is -0.300 e. The number of carbonyl (C=O) groups is 1. The van der Waals surface area contributed by atoms with Gasteiger partial charge in [0.05, 0.1) is 0 Å². The van der Waals surface area contributed by atoms with Crippen molar-refractivity contribution in [3.63, 3.8) is 0 Å². The van der Waals surface area contributed by atoms with Crippen LogP contribution >= 0.6 is 0 Å². The Morgan fingerprint density at radius 2 is 2.18 bits per heavy atom. The molecule has 0 unspecified atom stereocenters. The van der Waals surface area contributed by atoms with Crippen LogP contribution in [-0.4, -0.2) is 29.8 Å². The van der Waals surface area contributed by atoms with Gasteiger partial charge in [0.25, 0.3) is 0 Å². The summed E-state index contributed by atoms with van der Waals surface area (Å²) in [5.41, 5.74) is 0. The van der Waals surface area contributed by atoms with E-state index in [1.807, 2.05) is 6.92 Å². The molecule has 0 aromatic carbocycles. The van der Waals surface area contributed by atoms with Crippen LogP contribution in [0, 0.1) is 5.92 Å². The third kappa shape index (κ3) is 1.62. The molecule has 1 aliphatic heterocycles. The molecule has 0 radical (unpaired) electrons. The molecule has 0 aliphatic carbocycles. The van der Waals surface area contributed by atoms with E-state index in [1.165, 1.54) is 0 Å². The minimum absolute atomic E-state index is 0.240. The molecule has 1 rings (SSSR count). The lowest BCUT2D eigenvalue weighted by Crippen LogP contribution is -2.46. The molecule has 64 valence electrons. The Kier molecular flexibility index (Phi) is 2.66. The van der Waals surface area contributed by atoms with E-state index in [2.05, 4.69) is 18.7 Å². The van der Waals surface area contributed by atoms with Crippen LogP contribution in [0.15, 0.2) is 0 Å². The number of piperidine rings is 1. The predicted molar refractivity (Wildman–Crippen MR) is 45.5 cm³/mol. The second-order valence-corrected chi connectivity index (χ2v) is 3.37. The van der Waals surface area contributed by atoms with Gasteiger partial charge in [0.2, 0.25) is 0 Å². The molecule has 0 spiro atoms. The highest BCUT2D eigenvalue weighted by Gasteiger charge is 2.29. The number of carbonyl (C=O) groups excluding carboxylic acids is 1. The second kappa shape index (κ2) is 3.35. The van der Waals surface area contributed by atoms with E-state index in [9.17, 15) is 4.79 Å². The van der Waals surface area contributed by atoms with Crippen LogP contribution in [0.5, 0.6) is 0 Å². The highest BCUT2D eigenvalue weighted by Crippen LogP contribution is 2.19. The average Bonchev–Trinajstić information content (AvgIpc) is 2.01. The zero-order chi connectivity index (χ0) is 8.43. The molecule has 0 N–H and O–H groups in total. The molecule has 0 bridgehead atoms. The first kappa shape index (κ1) is 8.72. The van der Waals surface area contributed by atoms with Gasteiger partial charge in [-0.2, -0.15) is 0 Å². The first-order valence-corrected chi connectivity index (χ1v) is 4.43. The smallest absolute Gasteiger partial charge is 0.138 e. The number of hydrogen-bond donors (Lipinski definition) is 0. The lowest BCUT2D eigenvalue weighted by molar-refractivity contribution is -0.127. The summed E-state index contributed by atoms with van der Waals surface area (Å²) in [5.74, 6) is 0.672. The van der Waals surface area contributed by atoms with Crippen molar-refractivity contribution < 1.29 is 4.79 Å². The summed E-state index contributed by atoms with van der Waals surface area (Å²) in [5, 5.41) is 0. The molecule has 0 aromatic heterocycles. The van der Waals surface area contributed by atoms with Crippen molar-refractivity contribution >= 4 is 5.78 Å². The highest BCUT2D eigenvalue weighted by molar-refractivity contribution is 5.82. The lowest BCUT2D eigenvalue weighted by atomic mass is 9.91. The maximum Gasteiger partial charge on any atom is 0.138 e. The van der Waals surface area contributed by atoms with Crippen LogP contribution < -0.4 is 0 Å². The third-order valence-electron chi connectivity index (χ3n) is 2.86. The fourth-order valence-electron chi connectivity index (χ4n) is 1.72. The van der Waals surface area contributed by atoms with Crippen molar-refractivity contribution in [3.05, 3.63) is 0 Å². The third-order valence-corrected chi connectivity index (χ3v) is 2.86. The maximum atomic E-state index is 11.2. The zero-order valence-corrected chi connectivity index (χ0v) is 7.63. The summed E-state index contributed by atoms with van der Waals surface area (Å²) in [6.45, 7) is 8.36. The molecular formula is C9H17NO. The quantitative estimate of drug-likeness (QED) is 0.569. The second-order valence-electron chi connectivity index (χ2n) is 3.37. The number of likely N-dealkylation sites (tertiary alicyclic amines) is 1. The largest absolute Gasteiger partial charge is 0.300 e. The van der Waals surface area contributed by atoms with Crippen LogP contribution in [0.25, 0.3) is 0 Å². The maximum absolute atomic E-state index is 11.2. The average molecular weight is 155 g/mol. The van der Waals surface area contributed by atoms with E-state index in [4.69, 9.17) is 0 Å². The molecule has 11 heavy (non-hydrogen) atoms. The van der Waals surface area contributed by atoms with Gasteiger partial charge >= 0.3 is 0 Å². The monoisotopic (exact) mass is 155 g/mol. The molecule has 1 aliphatic rings. The molecule has 0 aromatic rings. The Balaban J connectivity index is 2.59. The van der Waals surface area contributed by atoms with Crippen molar-refractivity contribution in [3.8, 4) is 0 Å². The van der Waals surface area contributed by atoms with Crippen molar-refractivity contribution in [1.29, 1.82) is 0 Å². The molecule has 1 heterocycles. The molecule has 0 saturated carbocycles. The molecule has 1 saturated heterocycles. The van der Waals surface area contributed by atoms with E-state index in [1.54, 1.807) is 0 Å². The fraction of sp³-hybridized carbons (Fsp3) is 0.889. The van der Waals surface area contributed by atoms with Gasteiger partial charge < -0.3 is 0 Å². The molecule has 2 atom stereocenters. The van der Waals surface area contributed by atoms with Crippen LogP contribution in [0.3, 0.4) is 0 Å². The van der Waals surface area contributed by atoms with Gasteiger partial charge in [-0.25, -0.2) is 0 Å². The summed E-state index contributed by atoms with van der Waals surface area (Å²) in [7, 11) is 0. The topological polar surface area (TPSA) is 20.3 Å². The van der Waals surface area contributed by atoms with Gasteiger partial charge in [-0.05, 0) is 13.5 Å². The minimum atomic E-state index is 0.240. The van der Waals surface area contributed by atoms with Crippen molar-refractivity contribution in [2.24, 2.45) is 5.92 Å². The molecular weight excluding hydrogens is 138 g/mol. The summed E-state index contributed by atoms with van der Waals surface area (Å²) < 4.78 is 0.